The molecule has 1 saturated heterocycles. The van der Waals surface area contributed by atoms with Crippen molar-refractivity contribution in [2.75, 3.05) is 31.1 Å². The third-order valence-corrected chi connectivity index (χ3v) is 5.22. The summed E-state index contributed by atoms with van der Waals surface area (Å²) in [6, 6.07) is 8.25. The monoisotopic (exact) mass is 317 g/mol. The van der Waals surface area contributed by atoms with Gasteiger partial charge in [-0.25, -0.2) is 4.98 Å². The Hall–Kier alpha value is -1.62. The number of fused-ring (bicyclic) bond motifs is 1. The summed E-state index contributed by atoms with van der Waals surface area (Å²) in [7, 11) is 0. The van der Waals surface area contributed by atoms with Crippen molar-refractivity contribution in [3.63, 3.8) is 0 Å². The number of carbonyl (C=O) groups excluding carboxylic acids is 1. The van der Waals surface area contributed by atoms with Crippen LogP contribution < -0.4 is 4.90 Å². The van der Waals surface area contributed by atoms with Crippen LogP contribution in [-0.4, -0.2) is 42.0 Å². The van der Waals surface area contributed by atoms with Crippen molar-refractivity contribution in [1.82, 2.24) is 9.88 Å². The molecule has 1 amide bonds. The summed E-state index contributed by atoms with van der Waals surface area (Å²) >= 11 is 1.74. The molecule has 2 heterocycles. The first kappa shape index (κ1) is 15.3. The fourth-order valence-corrected chi connectivity index (χ4v) is 3.73. The SMILES string of the molecule is CC(C)CCC(=O)N1CCN(c2nc3ccccc3s2)CC1. The van der Waals surface area contributed by atoms with Gasteiger partial charge in [0.2, 0.25) is 5.91 Å². The van der Waals surface area contributed by atoms with Crippen molar-refractivity contribution < 1.29 is 4.79 Å². The van der Waals surface area contributed by atoms with E-state index in [9.17, 15) is 4.79 Å². The van der Waals surface area contributed by atoms with E-state index in [4.69, 9.17) is 4.98 Å². The Kier molecular flexibility index (Phi) is 4.62. The number of thiazole rings is 1. The zero-order valence-corrected chi connectivity index (χ0v) is 14.1. The number of nitrogens with zero attached hydrogens (tertiary/aromatic N) is 3. The fraction of sp³-hybridized carbons (Fsp3) is 0.529. The molecule has 0 unspecified atom stereocenters. The molecular weight excluding hydrogens is 294 g/mol. The van der Waals surface area contributed by atoms with Gasteiger partial charge in [0.05, 0.1) is 10.2 Å². The molecule has 1 aromatic carbocycles. The fourth-order valence-electron chi connectivity index (χ4n) is 2.71. The normalized spacial score (nSPS) is 15.8. The number of rotatable bonds is 4. The Morgan fingerprint density at radius 1 is 1.23 bits per heavy atom. The van der Waals surface area contributed by atoms with E-state index in [-0.39, 0.29) is 0 Å². The summed E-state index contributed by atoms with van der Waals surface area (Å²) in [6.45, 7) is 7.72. The minimum absolute atomic E-state index is 0.303. The number of amides is 1. The van der Waals surface area contributed by atoms with Gasteiger partial charge in [-0.1, -0.05) is 37.3 Å². The van der Waals surface area contributed by atoms with E-state index in [1.54, 1.807) is 11.3 Å². The molecular formula is C17H23N3OS. The van der Waals surface area contributed by atoms with E-state index in [2.05, 4.69) is 36.9 Å². The predicted molar refractivity (Wildman–Crippen MR) is 92.5 cm³/mol. The number of hydrogen-bond acceptors (Lipinski definition) is 4. The molecule has 4 nitrogen and oxygen atoms in total. The summed E-state index contributed by atoms with van der Waals surface area (Å²) in [5, 5.41) is 1.08. The van der Waals surface area contributed by atoms with Crippen LogP contribution in [0.5, 0.6) is 0 Å². The van der Waals surface area contributed by atoms with Gasteiger partial charge < -0.3 is 9.80 Å². The lowest BCUT2D eigenvalue weighted by Gasteiger charge is -2.34. The zero-order valence-electron chi connectivity index (χ0n) is 13.3. The summed E-state index contributed by atoms with van der Waals surface area (Å²) in [4.78, 5) is 21.2. The lowest BCUT2D eigenvalue weighted by atomic mass is 10.1. The van der Waals surface area contributed by atoms with Crippen molar-refractivity contribution in [3.05, 3.63) is 24.3 Å². The zero-order chi connectivity index (χ0) is 15.5. The summed E-state index contributed by atoms with van der Waals surface area (Å²) in [6.07, 6.45) is 1.66. The molecule has 1 fully saturated rings. The molecule has 0 radical (unpaired) electrons. The molecule has 118 valence electrons. The number of hydrogen-bond donors (Lipinski definition) is 0. The average Bonchev–Trinajstić information content (AvgIpc) is 2.96. The number of benzene rings is 1. The van der Waals surface area contributed by atoms with Crippen LogP contribution in [-0.2, 0) is 4.79 Å². The standard InChI is InChI=1S/C17H23N3OS/c1-13(2)7-8-16(21)19-9-11-20(12-10-19)17-18-14-5-3-4-6-15(14)22-17/h3-6,13H,7-12H2,1-2H3. The minimum Gasteiger partial charge on any atom is -0.345 e. The topological polar surface area (TPSA) is 36.4 Å². The molecule has 0 spiro atoms. The van der Waals surface area contributed by atoms with Gasteiger partial charge >= 0.3 is 0 Å². The van der Waals surface area contributed by atoms with E-state index in [1.807, 2.05) is 11.0 Å². The number of para-hydroxylation sites is 1. The number of anilines is 1. The summed E-state index contributed by atoms with van der Waals surface area (Å²) < 4.78 is 1.23. The van der Waals surface area contributed by atoms with Crippen LogP contribution in [0.3, 0.4) is 0 Å². The maximum Gasteiger partial charge on any atom is 0.222 e. The van der Waals surface area contributed by atoms with Gasteiger partial charge in [-0.3, -0.25) is 4.79 Å². The van der Waals surface area contributed by atoms with Crippen LogP contribution in [0.25, 0.3) is 10.2 Å². The van der Waals surface area contributed by atoms with E-state index < -0.39 is 0 Å². The van der Waals surface area contributed by atoms with Gasteiger partial charge in [-0.15, -0.1) is 0 Å². The molecule has 1 aliphatic heterocycles. The molecule has 0 aliphatic carbocycles. The second-order valence-corrected chi connectivity index (χ2v) is 7.27. The average molecular weight is 317 g/mol. The summed E-state index contributed by atoms with van der Waals surface area (Å²) in [5.74, 6) is 0.894. The quantitative estimate of drug-likeness (QED) is 0.867. The number of carbonyl (C=O) groups is 1. The number of aromatic nitrogens is 1. The predicted octanol–water partition coefficient (Wildman–Crippen LogP) is 3.38. The first-order valence-corrected chi connectivity index (χ1v) is 8.83. The van der Waals surface area contributed by atoms with Gasteiger partial charge in [0.1, 0.15) is 0 Å². The largest absolute Gasteiger partial charge is 0.345 e. The number of piperazine rings is 1. The molecule has 5 heteroatoms. The molecule has 0 saturated carbocycles. The maximum absolute atomic E-state index is 12.2. The maximum atomic E-state index is 12.2. The van der Waals surface area contributed by atoms with Crippen molar-refractivity contribution in [2.45, 2.75) is 26.7 Å². The molecule has 1 aromatic heterocycles. The molecule has 3 rings (SSSR count). The Morgan fingerprint density at radius 3 is 2.64 bits per heavy atom. The van der Waals surface area contributed by atoms with Crippen LogP contribution in [0.4, 0.5) is 5.13 Å². The first-order chi connectivity index (χ1) is 10.6. The van der Waals surface area contributed by atoms with E-state index in [0.29, 0.717) is 18.2 Å². The molecule has 1 aliphatic rings. The lowest BCUT2D eigenvalue weighted by molar-refractivity contribution is -0.131. The highest BCUT2D eigenvalue weighted by molar-refractivity contribution is 7.22. The van der Waals surface area contributed by atoms with E-state index in [1.165, 1.54) is 4.70 Å². The Bertz CT molecular complexity index is 611. The van der Waals surface area contributed by atoms with E-state index >= 15 is 0 Å². The van der Waals surface area contributed by atoms with Crippen molar-refractivity contribution in [3.8, 4) is 0 Å². The van der Waals surface area contributed by atoms with Crippen molar-refractivity contribution in [2.24, 2.45) is 5.92 Å². The highest BCUT2D eigenvalue weighted by Gasteiger charge is 2.22. The molecule has 0 N–H and O–H groups in total. The van der Waals surface area contributed by atoms with Gasteiger partial charge in [-0.05, 0) is 24.5 Å². The van der Waals surface area contributed by atoms with Crippen LogP contribution >= 0.6 is 11.3 Å². The Balaban J connectivity index is 1.58. The summed E-state index contributed by atoms with van der Waals surface area (Å²) in [5.41, 5.74) is 1.07. The second-order valence-electron chi connectivity index (χ2n) is 6.26. The van der Waals surface area contributed by atoms with E-state index in [0.717, 1.165) is 43.2 Å². The molecule has 2 aromatic rings. The lowest BCUT2D eigenvalue weighted by Crippen LogP contribution is -2.48. The third-order valence-electron chi connectivity index (χ3n) is 4.12. The van der Waals surface area contributed by atoms with Crippen LogP contribution in [0.2, 0.25) is 0 Å². The van der Waals surface area contributed by atoms with Gasteiger partial charge in [0.25, 0.3) is 0 Å². The van der Waals surface area contributed by atoms with Gasteiger partial charge in [-0.2, -0.15) is 0 Å². The highest BCUT2D eigenvalue weighted by atomic mass is 32.1. The van der Waals surface area contributed by atoms with Gasteiger partial charge in [0.15, 0.2) is 5.13 Å². The molecule has 0 bridgehead atoms. The first-order valence-electron chi connectivity index (χ1n) is 8.02. The van der Waals surface area contributed by atoms with Crippen molar-refractivity contribution in [1.29, 1.82) is 0 Å². The Labute approximate surface area is 135 Å². The van der Waals surface area contributed by atoms with Crippen LogP contribution in [0.15, 0.2) is 24.3 Å². The third kappa shape index (κ3) is 3.40. The second kappa shape index (κ2) is 6.65. The molecule has 0 atom stereocenters. The molecule has 22 heavy (non-hydrogen) atoms. The van der Waals surface area contributed by atoms with Gasteiger partial charge in [0, 0.05) is 32.6 Å². The Morgan fingerprint density at radius 2 is 1.95 bits per heavy atom. The minimum atomic E-state index is 0.303. The van der Waals surface area contributed by atoms with Crippen LogP contribution in [0, 0.1) is 5.92 Å². The van der Waals surface area contributed by atoms with Crippen molar-refractivity contribution >= 4 is 32.6 Å². The smallest absolute Gasteiger partial charge is 0.222 e. The van der Waals surface area contributed by atoms with Crippen LogP contribution in [0.1, 0.15) is 26.7 Å². The highest BCUT2D eigenvalue weighted by Crippen LogP contribution is 2.29.